The average molecular weight is 466 g/mol. The Morgan fingerprint density at radius 2 is 1.91 bits per heavy atom. The third-order valence-corrected chi connectivity index (χ3v) is 6.43. The molecular formula is C25H39NO5S. The fourth-order valence-corrected chi connectivity index (χ4v) is 4.50. The van der Waals surface area contributed by atoms with Crippen LogP contribution in [0, 0.1) is 23.7 Å². The van der Waals surface area contributed by atoms with Gasteiger partial charge in [0.2, 0.25) is 5.91 Å². The lowest BCUT2D eigenvalue weighted by atomic mass is 9.84. The molecule has 1 aromatic carbocycles. The second-order valence-electron chi connectivity index (χ2n) is 9.24. The van der Waals surface area contributed by atoms with E-state index < -0.39 is 12.0 Å². The minimum Gasteiger partial charge on any atom is -0.468 e. The van der Waals surface area contributed by atoms with E-state index in [-0.39, 0.29) is 41.7 Å². The maximum Gasteiger partial charge on any atom is 0.266 e. The van der Waals surface area contributed by atoms with Gasteiger partial charge in [-0.15, -0.1) is 0 Å². The molecule has 2 rings (SSSR count). The zero-order valence-corrected chi connectivity index (χ0v) is 20.8. The number of nitrogens with zero attached hydrogens (tertiary/aromatic N) is 1. The monoisotopic (exact) mass is 465 g/mol. The maximum absolute atomic E-state index is 13.3. The molecular weight excluding hydrogens is 426 g/mol. The van der Waals surface area contributed by atoms with E-state index in [1.165, 1.54) is 0 Å². The van der Waals surface area contributed by atoms with Crippen LogP contribution in [0.1, 0.15) is 53.0 Å². The number of amides is 1. The van der Waals surface area contributed by atoms with Crippen molar-refractivity contribution in [1.29, 1.82) is 0 Å². The Morgan fingerprint density at radius 3 is 2.53 bits per heavy atom. The minimum absolute atomic E-state index is 0.0534. The van der Waals surface area contributed by atoms with Crippen molar-refractivity contribution in [1.82, 2.24) is 4.90 Å². The first-order chi connectivity index (χ1) is 15.3. The first-order valence-electron chi connectivity index (χ1n) is 11.6. The van der Waals surface area contributed by atoms with E-state index in [1.807, 2.05) is 58.0 Å². The van der Waals surface area contributed by atoms with Crippen LogP contribution in [0.5, 0.6) is 0 Å². The Morgan fingerprint density at radius 1 is 1.22 bits per heavy atom. The molecule has 0 bridgehead atoms. The number of aliphatic hydroxyl groups excluding tert-OH is 1. The molecule has 7 heteroatoms. The van der Waals surface area contributed by atoms with Crippen LogP contribution in [0.25, 0.3) is 0 Å². The highest BCUT2D eigenvalue weighted by Crippen LogP contribution is 2.28. The number of ether oxygens (including phenoxy) is 3. The molecule has 0 aliphatic carbocycles. The molecule has 1 aliphatic rings. The van der Waals surface area contributed by atoms with Crippen LogP contribution >= 0.6 is 12.2 Å². The number of aliphatic hydroxyl groups is 1. The fourth-order valence-electron chi connectivity index (χ4n) is 4.20. The highest BCUT2D eigenvalue weighted by molar-refractivity contribution is 7.80. The van der Waals surface area contributed by atoms with Gasteiger partial charge in [-0.3, -0.25) is 9.69 Å². The summed E-state index contributed by atoms with van der Waals surface area (Å²) >= 11 is 5.28. The summed E-state index contributed by atoms with van der Waals surface area (Å²) in [7, 11) is 0. The molecule has 0 radical (unpaired) electrons. The quantitative estimate of drug-likeness (QED) is 0.265. The van der Waals surface area contributed by atoms with Crippen LogP contribution in [0.2, 0.25) is 0 Å². The Labute approximate surface area is 198 Å². The molecule has 1 aliphatic heterocycles. The van der Waals surface area contributed by atoms with E-state index >= 15 is 0 Å². The Kier molecular flexibility index (Phi) is 11.0. The average Bonchev–Trinajstić information content (AvgIpc) is 3.16. The Bertz CT molecular complexity index is 714. The molecule has 1 heterocycles. The van der Waals surface area contributed by atoms with Crippen molar-refractivity contribution in [2.75, 3.05) is 20.0 Å². The number of hydrogen-bond donors (Lipinski definition) is 1. The van der Waals surface area contributed by atoms with Crippen LogP contribution < -0.4 is 0 Å². The second kappa shape index (κ2) is 13.2. The van der Waals surface area contributed by atoms with Crippen LogP contribution in [0.15, 0.2) is 30.3 Å². The van der Waals surface area contributed by atoms with E-state index in [0.29, 0.717) is 26.2 Å². The van der Waals surface area contributed by atoms with E-state index in [1.54, 1.807) is 4.90 Å². The van der Waals surface area contributed by atoms with Gasteiger partial charge in [-0.25, -0.2) is 0 Å². The first kappa shape index (κ1) is 26.7. The largest absolute Gasteiger partial charge is 0.468 e. The van der Waals surface area contributed by atoms with Crippen LogP contribution in [-0.4, -0.2) is 53.2 Å². The normalized spacial score (nSPS) is 20.2. The van der Waals surface area contributed by atoms with Gasteiger partial charge in [0.1, 0.15) is 13.4 Å². The lowest BCUT2D eigenvalue weighted by Crippen LogP contribution is -2.48. The van der Waals surface area contributed by atoms with Gasteiger partial charge >= 0.3 is 0 Å². The fraction of sp³-hybridized carbons (Fsp3) is 0.680. The number of thiocarbonyl (C=S) groups is 1. The summed E-state index contributed by atoms with van der Waals surface area (Å²) in [6.07, 6.45) is 0.547. The van der Waals surface area contributed by atoms with Gasteiger partial charge in [-0.05, 0) is 48.4 Å². The van der Waals surface area contributed by atoms with Crippen LogP contribution in [-0.2, 0) is 25.6 Å². The Hall–Kier alpha value is -1.54. The van der Waals surface area contributed by atoms with Crippen molar-refractivity contribution < 1.29 is 24.1 Å². The summed E-state index contributed by atoms with van der Waals surface area (Å²) in [6, 6.07) is 9.90. The predicted molar refractivity (Wildman–Crippen MR) is 129 cm³/mol. The third kappa shape index (κ3) is 7.51. The third-order valence-electron chi connectivity index (χ3n) is 6.12. The van der Waals surface area contributed by atoms with E-state index in [0.717, 1.165) is 12.0 Å². The molecule has 0 aromatic heterocycles. The molecule has 0 spiro atoms. The molecule has 180 valence electrons. The van der Waals surface area contributed by atoms with Crippen molar-refractivity contribution in [2.24, 2.45) is 23.7 Å². The lowest BCUT2D eigenvalue weighted by molar-refractivity contribution is -0.138. The molecule has 6 nitrogen and oxygen atoms in total. The van der Waals surface area contributed by atoms with Crippen molar-refractivity contribution in [3.63, 3.8) is 0 Å². The van der Waals surface area contributed by atoms with Gasteiger partial charge in [0.15, 0.2) is 0 Å². The molecule has 1 saturated heterocycles. The number of carbonyl (C=O) groups is 1. The van der Waals surface area contributed by atoms with Crippen LogP contribution in [0.4, 0.5) is 0 Å². The standard InChI is InChI=1S/C25H39NO5S/c1-6-21(24(28)26-22(17(2)3)15-31-25(26)32)23(27)19(5)12-18(4)13-29-16-30-14-20-10-8-7-9-11-20/h7-11,17-19,21-23,27H,6,12-16H2,1-5H3/t18-,19+,21-,22-,23+/m1/s1. The predicted octanol–water partition coefficient (Wildman–Crippen LogP) is 4.40. The van der Waals surface area contributed by atoms with Crippen molar-refractivity contribution in [3.8, 4) is 0 Å². The summed E-state index contributed by atoms with van der Waals surface area (Å²) in [4.78, 5) is 14.8. The molecule has 0 unspecified atom stereocenters. The minimum atomic E-state index is -0.750. The van der Waals surface area contributed by atoms with Gasteiger partial charge in [0.05, 0.1) is 31.3 Å². The van der Waals surface area contributed by atoms with E-state index in [9.17, 15) is 9.90 Å². The van der Waals surface area contributed by atoms with Gasteiger partial charge in [0, 0.05) is 0 Å². The van der Waals surface area contributed by atoms with Crippen LogP contribution in [0.3, 0.4) is 0 Å². The molecule has 1 fully saturated rings. The number of benzene rings is 1. The molecule has 5 atom stereocenters. The SMILES string of the molecule is CC[C@@H](C(=O)N1C(=S)OC[C@@H]1C(C)C)[C@@H](O)[C@@H](C)C[C@@H](C)COCOCc1ccccc1. The zero-order chi connectivity index (χ0) is 23.7. The van der Waals surface area contributed by atoms with Gasteiger partial charge in [-0.1, -0.05) is 65.0 Å². The summed E-state index contributed by atoms with van der Waals surface area (Å²) < 4.78 is 16.7. The molecule has 1 aromatic rings. The summed E-state index contributed by atoms with van der Waals surface area (Å²) in [5, 5.41) is 11.2. The summed E-state index contributed by atoms with van der Waals surface area (Å²) in [6.45, 7) is 11.8. The highest BCUT2D eigenvalue weighted by Gasteiger charge is 2.42. The van der Waals surface area contributed by atoms with E-state index in [4.69, 9.17) is 26.4 Å². The molecule has 32 heavy (non-hydrogen) atoms. The molecule has 1 N–H and O–H groups in total. The van der Waals surface area contributed by atoms with Gasteiger partial charge in [0.25, 0.3) is 5.17 Å². The molecule has 1 amide bonds. The second-order valence-corrected chi connectivity index (χ2v) is 9.59. The van der Waals surface area contributed by atoms with Crippen molar-refractivity contribution in [2.45, 2.75) is 66.2 Å². The first-order valence-corrected chi connectivity index (χ1v) is 12.0. The lowest BCUT2D eigenvalue weighted by Gasteiger charge is -2.32. The van der Waals surface area contributed by atoms with E-state index in [2.05, 4.69) is 6.92 Å². The summed E-state index contributed by atoms with van der Waals surface area (Å²) in [5.41, 5.74) is 1.11. The smallest absolute Gasteiger partial charge is 0.266 e. The Balaban J connectivity index is 1.79. The highest BCUT2D eigenvalue weighted by atomic mass is 32.1. The van der Waals surface area contributed by atoms with Gasteiger partial charge < -0.3 is 19.3 Å². The molecule has 0 saturated carbocycles. The topological polar surface area (TPSA) is 68.2 Å². The van der Waals surface area contributed by atoms with Crippen molar-refractivity contribution in [3.05, 3.63) is 35.9 Å². The zero-order valence-electron chi connectivity index (χ0n) is 20.0. The summed E-state index contributed by atoms with van der Waals surface area (Å²) in [5.74, 6) is -0.234. The number of rotatable bonds is 13. The van der Waals surface area contributed by atoms with Crippen molar-refractivity contribution >= 4 is 23.3 Å². The number of carbonyl (C=O) groups excluding carboxylic acids is 1. The maximum atomic E-state index is 13.3. The van der Waals surface area contributed by atoms with Gasteiger partial charge in [-0.2, -0.15) is 0 Å². The number of hydrogen-bond acceptors (Lipinski definition) is 6.